The van der Waals surface area contributed by atoms with Crippen LogP contribution in [0.3, 0.4) is 0 Å². The molecule has 5 rings (SSSR count). The van der Waals surface area contributed by atoms with Gasteiger partial charge in [-0.15, -0.1) is 6.58 Å². The van der Waals surface area contributed by atoms with Crippen molar-refractivity contribution in [3.8, 4) is 23.0 Å². The van der Waals surface area contributed by atoms with Gasteiger partial charge in [0.05, 0.1) is 38.1 Å². The first-order valence-electron chi connectivity index (χ1n) is 18.0. The Bertz CT molecular complexity index is 1810. The lowest BCUT2D eigenvalue weighted by Gasteiger charge is -2.28. The van der Waals surface area contributed by atoms with Crippen molar-refractivity contribution in [3.05, 3.63) is 108 Å². The molecule has 0 spiro atoms. The van der Waals surface area contributed by atoms with Gasteiger partial charge in [-0.05, 0) is 95.6 Å². The van der Waals surface area contributed by atoms with Gasteiger partial charge in [0.15, 0.2) is 11.5 Å². The van der Waals surface area contributed by atoms with E-state index >= 15 is 0 Å². The van der Waals surface area contributed by atoms with Crippen LogP contribution in [0.2, 0.25) is 0 Å². The normalized spacial score (nSPS) is 15.6. The van der Waals surface area contributed by atoms with Gasteiger partial charge in [0.2, 0.25) is 0 Å². The molecule has 268 valence electrons. The smallest absolute Gasteiger partial charge is 0.343 e. The molecular weight excluding hydrogens is 642 g/mol. The van der Waals surface area contributed by atoms with E-state index < -0.39 is 11.9 Å². The van der Waals surface area contributed by atoms with E-state index in [1.54, 1.807) is 24.3 Å². The predicted molar refractivity (Wildman–Crippen MR) is 201 cm³/mol. The SMILES string of the molecule is C=CCOCCCOc1ccc2cc(C(=O)Oc3ccc(C(=O)Oc4ccc(CCC5CCC(CCC)CC5)cc4C=N)cc3OC)ccc2c1. The third kappa shape index (κ3) is 10.5. The summed E-state index contributed by atoms with van der Waals surface area (Å²) in [6.07, 6.45) is 13.7. The molecule has 1 N–H and O–H groups in total. The molecule has 1 saturated carbocycles. The van der Waals surface area contributed by atoms with Crippen LogP contribution in [-0.2, 0) is 11.2 Å². The maximum Gasteiger partial charge on any atom is 0.343 e. The fourth-order valence-corrected chi connectivity index (χ4v) is 6.70. The Morgan fingerprint density at radius 3 is 2.18 bits per heavy atom. The lowest BCUT2D eigenvalue weighted by Crippen LogP contribution is -2.15. The minimum absolute atomic E-state index is 0.170. The molecule has 0 unspecified atom stereocenters. The standard InChI is InChI=1S/C43H49NO7/c1-4-7-30-8-10-31(11-9-30)12-13-32-14-20-39(37(25-32)29-44)50-43(46)36-18-21-40(41(28-36)47-3)51-42(45)35-16-15-34-27-38(19-17-33(34)26-35)49-24-6-23-48-22-5-2/h5,14-21,25-31,44H,2,4,6-13,22-24H2,1,3H3. The van der Waals surface area contributed by atoms with E-state index in [4.69, 9.17) is 29.1 Å². The molecular formula is C43H49NO7. The zero-order valence-corrected chi connectivity index (χ0v) is 29.8. The number of carbonyl (C=O) groups excluding carboxylic acids is 2. The molecule has 0 aliphatic heterocycles. The molecule has 0 atom stereocenters. The zero-order valence-electron chi connectivity index (χ0n) is 29.8. The van der Waals surface area contributed by atoms with Crippen LogP contribution in [-0.4, -0.2) is 45.1 Å². The first-order valence-corrected chi connectivity index (χ1v) is 18.0. The Hall–Kier alpha value is -4.95. The Morgan fingerprint density at radius 2 is 1.45 bits per heavy atom. The highest BCUT2D eigenvalue weighted by Gasteiger charge is 2.21. The van der Waals surface area contributed by atoms with Crippen LogP contribution in [0.4, 0.5) is 0 Å². The highest BCUT2D eigenvalue weighted by molar-refractivity contribution is 5.97. The number of hydrogen-bond donors (Lipinski definition) is 1. The first kappa shape index (κ1) is 37.3. The first-order chi connectivity index (χ1) is 24.9. The maximum atomic E-state index is 13.2. The molecule has 1 aliphatic carbocycles. The molecule has 1 fully saturated rings. The van der Waals surface area contributed by atoms with Crippen LogP contribution < -0.4 is 18.9 Å². The van der Waals surface area contributed by atoms with E-state index in [9.17, 15) is 9.59 Å². The summed E-state index contributed by atoms with van der Waals surface area (Å²) >= 11 is 0. The second kappa shape index (κ2) is 18.9. The summed E-state index contributed by atoms with van der Waals surface area (Å²) in [5.41, 5.74) is 2.27. The van der Waals surface area contributed by atoms with E-state index in [0.717, 1.165) is 53.2 Å². The number of ether oxygens (including phenoxy) is 5. The van der Waals surface area contributed by atoms with E-state index in [0.29, 0.717) is 36.7 Å². The monoisotopic (exact) mass is 691 g/mol. The lowest BCUT2D eigenvalue weighted by molar-refractivity contribution is 0.0728. The number of methoxy groups -OCH3 is 1. The third-order valence-corrected chi connectivity index (χ3v) is 9.52. The minimum Gasteiger partial charge on any atom is -0.493 e. The topological polar surface area (TPSA) is 104 Å². The largest absolute Gasteiger partial charge is 0.493 e. The molecule has 0 radical (unpaired) electrons. The van der Waals surface area contributed by atoms with Crippen LogP contribution in [0, 0.1) is 17.2 Å². The molecule has 1 aliphatic rings. The Kier molecular flexibility index (Phi) is 13.8. The summed E-state index contributed by atoms with van der Waals surface area (Å²) in [6.45, 7) is 7.56. The average Bonchev–Trinajstić information content (AvgIpc) is 3.16. The number of hydrogen-bond acceptors (Lipinski definition) is 8. The number of aryl methyl sites for hydroxylation is 1. The summed E-state index contributed by atoms with van der Waals surface area (Å²) in [5.74, 6) is 1.91. The van der Waals surface area contributed by atoms with E-state index in [1.165, 1.54) is 70.0 Å². The number of carbonyl (C=O) groups is 2. The Morgan fingerprint density at radius 1 is 0.784 bits per heavy atom. The molecule has 4 aromatic carbocycles. The van der Waals surface area contributed by atoms with E-state index in [-0.39, 0.29) is 17.1 Å². The molecule has 0 amide bonds. The van der Waals surface area contributed by atoms with Gasteiger partial charge in [-0.3, -0.25) is 0 Å². The van der Waals surface area contributed by atoms with Gasteiger partial charge in [-0.1, -0.05) is 69.7 Å². The minimum atomic E-state index is -0.607. The maximum absolute atomic E-state index is 13.2. The predicted octanol–water partition coefficient (Wildman–Crippen LogP) is 9.80. The quantitative estimate of drug-likeness (QED) is 0.0364. The number of esters is 2. The summed E-state index contributed by atoms with van der Waals surface area (Å²) < 4.78 is 28.1. The molecule has 0 aromatic heterocycles. The number of benzene rings is 4. The third-order valence-electron chi connectivity index (χ3n) is 9.52. The van der Waals surface area contributed by atoms with Gasteiger partial charge >= 0.3 is 11.9 Å². The molecule has 0 bridgehead atoms. The molecule has 8 nitrogen and oxygen atoms in total. The van der Waals surface area contributed by atoms with Crippen molar-refractivity contribution in [3.63, 3.8) is 0 Å². The van der Waals surface area contributed by atoms with Crippen molar-refractivity contribution in [2.24, 2.45) is 11.8 Å². The lowest BCUT2D eigenvalue weighted by atomic mass is 9.78. The van der Waals surface area contributed by atoms with E-state index in [1.807, 2.05) is 36.4 Å². The van der Waals surface area contributed by atoms with Crippen LogP contribution >= 0.6 is 0 Å². The van der Waals surface area contributed by atoms with Gasteiger partial charge in [0.25, 0.3) is 0 Å². The second-order valence-corrected chi connectivity index (χ2v) is 13.2. The second-order valence-electron chi connectivity index (χ2n) is 13.2. The zero-order chi connectivity index (χ0) is 36.0. The number of rotatable bonds is 18. The van der Waals surface area contributed by atoms with Gasteiger partial charge in [-0.25, -0.2) is 9.59 Å². The highest BCUT2D eigenvalue weighted by Crippen LogP contribution is 2.35. The fourth-order valence-electron chi connectivity index (χ4n) is 6.70. The van der Waals surface area contributed by atoms with Gasteiger partial charge in [-0.2, -0.15) is 0 Å². The van der Waals surface area contributed by atoms with E-state index in [2.05, 4.69) is 13.5 Å². The van der Waals surface area contributed by atoms with Gasteiger partial charge in [0.1, 0.15) is 11.5 Å². The van der Waals surface area contributed by atoms with Crippen LogP contribution in [0.15, 0.2) is 85.5 Å². The summed E-state index contributed by atoms with van der Waals surface area (Å²) in [4.78, 5) is 26.3. The van der Waals surface area contributed by atoms with Crippen LogP contribution in [0.1, 0.15) is 90.1 Å². The molecule has 51 heavy (non-hydrogen) atoms. The highest BCUT2D eigenvalue weighted by atomic mass is 16.6. The van der Waals surface area contributed by atoms with Gasteiger partial charge < -0.3 is 29.1 Å². The van der Waals surface area contributed by atoms with Crippen molar-refractivity contribution in [1.82, 2.24) is 0 Å². The fraction of sp³-hybridized carbons (Fsp3) is 0.372. The Labute approximate surface area is 301 Å². The molecule has 4 aromatic rings. The van der Waals surface area contributed by atoms with Crippen LogP contribution in [0.25, 0.3) is 10.8 Å². The number of fused-ring (bicyclic) bond motifs is 1. The van der Waals surface area contributed by atoms with Crippen molar-refractivity contribution < 1.29 is 33.3 Å². The van der Waals surface area contributed by atoms with Crippen molar-refractivity contribution in [2.75, 3.05) is 26.9 Å². The summed E-state index contributed by atoms with van der Waals surface area (Å²) in [7, 11) is 1.44. The van der Waals surface area contributed by atoms with Crippen LogP contribution in [0.5, 0.6) is 23.0 Å². The molecule has 8 heteroatoms. The summed E-state index contributed by atoms with van der Waals surface area (Å²) in [6, 6.07) is 21.2. The van der Waals surface area contributed by atoms with Crippen molar-refractivity contribution in [1.29, 1.82) is 5.41 Å². The molecule has 0 heterocycles. The van der Waals surface area contributed by atoms with Gasteiger partial charge in [0, 0.05) is 18.2 Å². The Balaban J connectivity index is 1.16. The average molecular weight is 692 g/mol. The van der Waals surface area contributed by atoms with Crippen molar-refractivity contribution >= 4 is 28.9 Å². The summed E-state index contributed by atoms with van der Waals surface area (Å²) in [5, 5.41) is 9.74. The molecule has 0 saturated heterocycles. The number of nitrogens with one attached hydrogen (secondary N) is 1. The van der Waals surface area contributed by atoms with Crippen molar-refractivity contribution in [2.45, 2.75) is 64.7 Å².